The summed E-state index contributed by atoms with van der Waals surface area (Å²) in [6.45, 7) is 16.8. The zero-order valence-electron chi connectivity index (χ0n) is 15.4. The molecule has 0 aromatic heterocycles. The molecule has 0 fully saturated rings. The van der Waals surface area contributed by atoms with E-state index in [4.69, 9.17) is 0 Å². The molecule has 120 valence electrons. The van der Waals surface area contributed by atoms with E-state index in [-0.39, 0.29) is 13.3 Å². The normalized spacial score (nSPS) is 22.8. The molecular weight excluding hydrogens is 374 g/mol. The van der Waals surface area contributed by atoms with Gasteiger partial charge in [0.2, 0.25) is 0 Å². The molecule has 1 aromatic rings. The van der Waals surface area contributed by atoms with Gasteiger partial charge in [-0.15, -0.1) is 0 Å². The summed E-state index contributed by atoms with van der Waals surface area (Å²) in [7, 11) is -0.00730. The SMILES string of the molecule is CC1=C(C)C(C)(C)[C]([Zr][CH]2C(P(C)C)=Cc3ccccc32)=C1C. The van der Waals surface area contributed by atoms with Crippen LogP contribution in [0.3, 0.4) is 0 Å². The Labute approximate surface area is 154 Å². The maximum atomic E-state index is 2.51. The van der Waals surface area contributed by atoms with Crippen LogP contribution >= 0.6 is 7.92 Å². The van der Waals surface area contributed by atoms with Gasteiger partial charge < -0.3 is 0 Å². The van der Waals surface area contributed by atoms with Crippen molar-refractivity contribution in [2.45, 2.75) is 38.2 Å². The molecule has 1 unspecified atom stereocenters. The van der Waals surface area contributed by atoms with E-state index in [1.165, 1.54) is 5.56 Å². The fourth-order valence-electron chi connectivity index (χ4n) is 3.87. The quantitative estimate of drug-likeness (QED) is 0.503. The predicted molar refractivity (Wildman–Crippen MR) is 101 cm³/mol. The van der Waals surface area contributed by atoms with Crippen LogP contribution in [0, 0.1) is 5.41 Å². The molecule has 0 saturated heterocycles. The van der Waals surface area contributed by atoms with E-state index in [0.29, 0.717) is 0 Å². The van der Waals surface area contributed by atoms with E-state index in [0.717, 1.165) is 3.63 Å². The zero-order chi connectivity index (χ0) is 16.9. The molecule has 0 aliphatic heterocycles. The van der Waals surface area contributed by atoms with E-state index >= 15 is 0 Å². The van der Waals surface area contributed by atoms with E-state index in [1.807, 2.05) is 3.28 Å². The number of rotatable bonds is 3. The average molecular weight is 402 g/mol. The molecular formula is C21H27PZr. The van der Waals surface area contributed by atoms with Gasteiger partial charge in [-0.3, -0.25) is 0 Å². The average Bonchev–Trinajstić information content (AvgIpc) is 2.94. The first kappa shape index (κ1) is 17.6. The van der Waals surface area contributed by atoms with Gasteiger partial charge in [-0.05, 0) is 0 Å². The van der Waals surface area contributed by atoms with Crippen molar-refractivity contribution in [2.75, 3.05) is 13.3 Å². The minimum atomic E-state index is -0.709. The van der Waals surface area contributed by atoms with Gasteiger partial charge in [-0.1, -0.05) is 0 Å². The van der Waals surface area contributed by atoms with Crippen LogP contribution in [0.5, 0.6) is 0 Å². The summed E-state index contributed by atoms with van der Waals surface area (Å²) in [5.41, 5.74) is 8.15. The number of hydrogen-bond donors (Lipinski definition) is 0. The van der Waals surface area contributed by atoms with Gasteiger partial charge in [0.1, 0.15) is 0 Å². The fraction of sp³-hybridized carbons (Fsp3) is 0.429. The van der Waals surface area contributed by atoms with Crippen LogP contribution < -0.4 is 0 Å². The van der Waals surface area contributed by atoms with Gasteiger partial charge in [0.05, 0.1) is 0 Å². The Morgan fingerprint density at radius 1 is 1.00 bits per heavy atom. The third kappa shape index (κ3) is 2.83. The predicted octanol–water partition coefficient (Wildman–Crippen LogP) is 6.56. The summed E-state index contributed by atoms with van der Waals surface area (Å²) in [6, 6.07) is 9.11. The molecule has 0 bridgehead atoms. The number of allylic oxidation sites excluding steroid dienone is 5. The Morgan fingerprint density at radius 3 is 2.22 bits per heavy atom. The Kier molecular flexibility index (Phi) is 4.77. The number of benzene rings is 1. The summed E-state index contributed by atoms with van der Waals surface area (Å²) >= 11 is -0.709. The monoisotopic (exact) mass is 400 g/mol. The standard InChI is InChI=1S/C11H12P.C10H15.Zr/c1-12(2)11-7-9-5-3-4-6-10(9)8-11;1-7-6-10(4,5)9(3)8(7)2;/h3-8H,1-2H3;1-5H3;. The van der Waals surface area contributed by atoms with Crippen LogP contribution in [-0.2, 0) is 23.2 Å². The molecule has 0 nitrogen and oxygen atoms in total. The van der Waals surface area contributed by atoms with Crippen molar-refractivity contribution in [3.63, 3.8) is 0 Å². The summed E-state index contributed by atoms with van der Waals surface area (Å²) in [5.74, 6) is 0. The second-order valence-electron chi connectivity index (χ2n) is 7.54. The minimum absolute atomic E-state index is 0.00730. The third-order valence-corrected chi connectivity index (χ3v) is 13.2. The molecule has 0 heterocycles. The molecule has 0 N–H and O–H groups in total. The molecule has 2 aliphatic rings. The topological polar surface area (TPSA) is 0 Å². The maximum absolute atomic E-state index is 2.51. The van der Waals surface area contributed by atoms with Crippen LogP contribution in [0.1, 0.15) is 49.4 Å². The summed E-state index contributed by atoms with van der Waals surface area (Å²) < 4.78 is 2.57. The van der Waals surface area contributed by atoms with Gasteiger partial charge >= 0.3 is 155 Å². The van der Waals surface area contributed by atoms with Crippen molar-refractivity contribution in [1.29, 1.82) is 0 Å². The van der Waals surface area contributed by atoms with E-state index < -0.39 is 23.2 Å². The van der Waals surface area contributed by atoms with Crippen molar-refractivity contribution in [2.24, 2.45) is 5.41 Å². The van der Waals surface area contributed by atoms with Crippen LogP contribution in [0.25, 0.3) is 6.08 Å². The summed E-state index contributed by atoms with van der Waals surface area (Å²) in [4.78, 5) is 0. The molecule has 0 saturated carbocycles. The van der Waals surface area contributed by atoms with Crippen LogP contribution in [-0.4, -0.2) is 13.3 Å². The van der Waals surface area contributed by atoms with E-state index in [9.17, 15) is 0 Å². The summed E-state index contributed by atoms with van der Waals surface area (Å²) in [5, 5.41) is 1.74. The van der Waals surface area contributed by atoms with Gasteiger partial charge in [-0.2, -0.15) is 0 Å². The molecule has 0 amide bonds. The molecule has 0 radical (unpaired) electrons. The Hall–Kier alpha value is -0.247. The molecule has 3 rings (SSSR count). The van der Waals surface area contributed by atoms with Crippen molar-refractivity contribution in [3.8, 4) is 0 Å². The van der Waals surface area contributed by atoms with Crippen molar-refractivity contribution < 1.29 is 23.2 Å². The number of fused-ring (bicyclic) bond motifs is 1. The van der Waals surface area contributed by atoms with Gasteiger partial charge in [0.25, 0.3) is 0 Å². The van der Waals surface area contributed by atoms with Crippen LogP contribution in [0.4, 0.5) is 0 Å². The van der Waals surface area contributed by atoms with Crippen molar-refractivity contribution >= 4 is 14.0 Å². The molecule has 1 aromatic carbocycles. The first-order valence-electron chi connectivity index (χ1n) is 8.39. The molecule has 23 heavy (non-hydrogen) atoms. The fourth-order valence-corrected chi connectivity index (χ4v) is 11.9. The molecule has 0 spiro atoms. The zero-order valence-corrected chi connectivity index (χ0v) is 18.8. The second-order valence-corrected chi connectivity index (χ2v) is 13.2. The second kappa shape index (κ2) is 6.24. The number of hydrogen-bond acceptors (Lipinski definition) is 0. The third-order valence-electron chi connectivity index (χ3n) is 5.77. The van der Waals surface area contributed by atoms with Crippen molar-refractivity contribution in [3.05, 3.63) is 60.7 Å². The molecule has 2 heteroatoms. The molecule has 1 atom stereocenters. The Bertz CT molecular complexity index is 747. The Balaban J connectivity index is 2.02. The van der Waals surface area contributed by atoms with Gasteiger partial charge in [0.15, 0.2) is 0 Å². The van der Waals surface area contributed by atoms with Crippen LogP contribution in [0.15, 0.2) is 49.6 Å². The first-order valence-corrected chi connectivity index (χ1v) is 13.3. The van der Waals surface area contributed by atoms with Gasteiger partial charge in [0, 0.05) is 0 Å². The molecule has 2 aliphatic carbocycles. The van der Waals surface area contributed by atoms with Gasteiger partial charge in [-0.25, -0.2) is 0 Å². The van der Waals surface area contributed by atoms with Crippen LogP contribution in [0.2, 0.25) is 0 Å². The van der Waals surface area contributed by atoms with E-state index in [1.54, 1.807) is 27.6 Å². The Morgan fingerprint density at radius 2 is 1.65 bits per heavy atom. The van der Waals surface area contributed by atoms with Crippen molar-refractivity contribution in [1.82, 2.24) is 0 Å². The summed E-state index contributed by atoms with van der Waals surface area (Å²) in [6.07, 6.45) is 2.51. The van der Waals surface area contributed by atoms with E-state index in [2.05, 4.69) is 78.3 Å². The first-order chi connectivity index (χ1) is 10.7.